The molecule has 0 radical (unpaired) electrons. The van der Waals surface area contributed by atoms with E-state index in [0.717, 1.165) is 34.7 Å². The van der Waals surface area contributed by atoms with E-state index >= 15 is 0 Å². The Hall–Kier alpha value is -3.37. The number of methoxy groups -OCH3 is 1. The van der Waals surface area contributed by atoms with Gasteiger partial charge >= 0.3 is 0 Å². The largest absolute Gasteiger partial charge is 0.497 e. The molecule has 0 aromatic heterocycles. The van der Waals surface area contributed by atoms with Crippen molar-refractivity contribution in [2.75, 3.05) is 30.8 Å². The molecule has 0 aliphatic carbocycles. The highest BCUT2D eigenvalue weighted by molar-refractivity contribution is 9.10. The molecule has 0 heterocycles. The zero-order valence-corrected chi connectivity index (χ0v) is 26.9. The number of carbonyl (C=O) groups excluding carboxylic acids is 2. The maximum absolute atomic E-state index is 13.9. The summed E-state index contributed by atoms with van der Waals surface area (Å²) in [6.07, 6.45) is 3.62. The monoisotopic (exact) mass is 657 g/mol. The van der Waals surface area contributed by atoms with Crippen LogP contribution < -0.4 is 14.4 Å². The van der Waals surface area contributed by atoms with Gasteiger partial charge < -0.3 is 15.0 Å². The van der Waals surface area contributed by atoms with Crippen molar-refractivity contribution in [2.45, 2.75) is 51.6 Å². The molecule has 226 valence electrons. The van der Waals surface area contributed by atoms with Gasteiger partial charge in [-0.05, 0) is 48.2 Å². The van der Waals surface area contributed by atoms with E-state index in [1.165, 1.54) is 11.4 Å². The van der Waals surface area contributed by atoms with Gasteiger partial charge in [-0.25, -0.2) is 8.42 Å². The van der Waals surface area contributed by atoms with Crippen molar-refractivity contribution in [3.8, 4) is 5.75 Å². The third kappa shape index (κ3) is 10.2. The van der Waals surface area contributed by atoms with Gasteiger partial charge in [0.15, 0.2) is 0 Å². The molecule has 0 saturated carbocycles. The average Bonchev–Trinajstić information content (AvgIpc) is 2.97. The molecule has 10 heteroatoms. The number of ether oxygens (including phenoxy) is 1. The summed E-state index contributed by atoms with van der Waals surface area (Å²) in [5.74, 6) is 0.112. The highest BCUT2D eigenvalue weighted by Crippen LogP contribution is 2.24. The molecular formula is C32H40BrN3O5S. The predicted molar refractivity (Wildman–Crippen MR) is 171 cm³/mol. The number of halogens is 1. The van der Waals surface area contributed by atoms with Gasteiger partial charge in [0, 0.05) is 43.0 Å². The predicted octanol–water partition coefficient (Wildman–Crippen LogP) is 5.56. The summed E-state index contributed by atoms with van der Waals surface area (Å²) < 4.78 is 32.8. The second-order valence-corrected chi connectivity index (χ2v) is 13.0. The minimum atomic E-state index is -3.61. The van der Waals surface area contributed by atoms with Gasteiger partial charge in [0.05, 0.1) is 19.1 Å². The summed E-state index contributed by atoms with van der Waals surface area (Å²) in [5.41, 5.74) is 2.29. The molecule has 0 aliphatic heterocycles. The average molecular weight is 659 g/mol. The third-order valence-corrected chi connectivity index (χ3v) is 8.52. The summed E-state index contributed by atoms with van der Waals surface area (Å²) in [4.78, 5) is 29.1. The Balaban J connectivity index is 1.87. The number of nitrogens with one attached hydrogen (secondary N) is 1. The normalized spacial score (nSPS) is 11.9. The molecule has 2 amide bonds. The van der Waals surface area contributed by atoms with Crippen molar-refractivity contribution in [3.63, 3.8) is 0 Å². The Bertz CT molecular complexity index is 1420. The first kappa shape index (κ1) is 33.1. The van der Waals surface area contributed by atoms with E-state index in [9.17, 15) is 18.0 Å². The Morgan fingerprint density at radius 1 is 0.952 bits per heavy atom. The van der Waals surface area contributed by atoms with Gasteiger partial charge in [-0.15, -0.1) is 0 Å². The molecule has 0 unspecified atom stereocenters. The summed E-state index contributed by atoms with van der Waals surface area (Å²) in [6.45, 7) is 2.93. The fraction of sp³-hybridized carbons (Fsp3) is 0.375. The zero-order valence-electron chi connectivity index (χ0n) is 24.5. The second-order valence-electron chi connectivity index (χ2n) is 10.1. The number of rotatable bonds is 16. The van der Waals surface area contributed by atoms with Crippen LogP contribution >= 0.6 is 15.9 Å². The molecular weight excluding hydrogens is 618 g/mol. The smallest absolute Gasteiger partial charge is 0.243 e. The molecule has 3 rings (SSSR count). The van der Waals surface area contributed by atoms with Crippen LogP contribution in [0.1, 0.15) is 43.7 Å². The maximum Gasteiger partial charge on any atom is 0.243 e. The Labute approximate surface area is 258 Å². The van der Waals surface area contributed by atoms with E-state index in [1.807, 2.05) is 54.6 Å². The standard InChI is InChI=1S/C32H40BrN3O5S/c1-4-5-19-34-32(38)30(22-25-12-7-6-8-13-25)35(24-26-14-9-15-27(33)21-26)31(37)18-11-20-36(42(3,39)40)28-16-10-17-29(23-28)41-2/h6-10,12-17,21,23,30H,4-5,11,18-20,22,24H2,1-3H3,(H,34,38)/t30-/m0/s1. The van der Waals surface area contributed by atoms with Crippen molar-refractivity contribution < 1.29 is 22.7 Å². The summed E-state index contributed by atoms with van der Waals surface area (Å²) >= 11 is 3.51. The lowest BCUT2D eigenvalue weighted by molar-refractivity contribution is -0.141. The van der Waals surface area contributed by atoms with Crippen LogP contribution in [-0.2, 0) is 32.6 Å². The van der Waals surface area contributed by atoms with E-state index in [1.54, 1.807) is 29.2 Å². The van der Waals surface area contributed by atoms with Crippen LogP contribution in [0.4, 0.5) is 5.69 Å². The molecule has 1 N–H and O–H groups in total. The maximum atomic E-state index is 13.9. The number of hydrogen-bond acceptors (Lipinski definition) is 5. The zero-order chi connectivity index (χ0) is 30.5. The first-order chi connectivity index (χ1) is 20.1. The van der Waals surface area contributed by atoms with Gasteiger partial charge in [-0.3, -0.25) is 13.9 Å². The van der Waals surface area contributed by atoms with Crippen LogP contribution in [0.2, 0.25) is 0 Å². The van der Waals surface area contributed by atoms with Gasteiger partial charge in [-0.1, -0.05) is 77.8 Å². The number of unbranched alkanes of at least 4 members (excludes halogenated alkanes) is 1. The molecule has 0 spiro atoms. The number of nitrogens with zero attached hydrogens (tertiary/aromatic N) is 2. The number of benzene rings is 3. The SMILES string of the molecule is CCCCNC(=O)[C@H](Cc1ccccc1)N(Cc1cccc(Br)c1)C(=O)CCCN(c1cccc(OC)c1)S(C)(=O)=O. The van der Waals surface area contributed by atoms with Gasteiger partial charge in [-0.2, -0.15) is 0 Å². The second kappa shape index (κ2) is 16.3. The molecule has 3 aromatic rings. The van der Waals surface area contributed by atoms with Crippen LogP contribution in [-0.4, -0.2) is 57.6 Å². The van der Waals surface area contributed by atoms with Crippen molar-refractivity contribution in [1.29, 1.82) is 0 Å². The van der Waals surface area contributed by atoms with E-state index in [-0.39, 0.29) is 37.7 Å². The van der Waals surface area contributed by atoms with E-state index in [0.29, 0.717) is 24.4 Å². The molecule has 0 fully saturated rings. The van der Waals surface area contributed by atoms with Crippen LogP contribution in [0.15, 0.2) is 83.3 Å². The first-order valence-electron chi connectivity index (χ1n) is 14.1. The summed E-state index contributed by atoms with van der Waals surface area (Å²) in [7, 11) is -2.09. The fourth-order valence-corrected chi connectivity index (χ4v) is 6.07. The molecule has 3 aromatic carbocycles. The van der Waals surface area contributed by atoms with Crippen molar-refractivity contribution in [1.82, 2.24) is 10.2 Å². The Morgan fingerprint density at radius 3 is 2.33 bits per heavy atom. The Kier molecular flexibility index (Phi) is 12.9. The molecule has 8 nitrogen and oxygen atoms in total. The lowest BCUT2D eigenvalue weighted by Gasteiger charge is -2.32. The van der Waals surface area contributed by atoms with Crippen molar-refractivity contribution in [2.24, 2.45) is 0 Å². The molecule has 0 aliphatic rings. The van der Waals surface area contributed by atoms with Gasteiger partial charge in [0.2, 0.25) is 21.8 Å². The van der Waals surface area contributed by atoms with Crippen LogP contribution in [0, 0.1) is 0 Å². The number of sulfonamides is 1. The number of hydrogen-bond donors (Lipinski definition) is 1. The summed E-state index contributed by atoms with van der Waals surface area (Å²) in [6, 6.07) is 23.4. The van der Waals surface area contributed by atoms with Crippen molar-refractivity contribution in [3.05, 3.63) is 94.5 Å². The molecule has 42 heavy (non-hydrogen) atoms. The van der Waals surface area contributed by atoms with Gasteiger partial charge in [0.1, 0.15) is 11.8 Å². The van der Waals surface area contributed by atoms with E-state index in [2.05, 4.69) is 28.2 Å². The fourth-order valence-electron chi connectivity index (χ4n) is 4.66. The molecule has 1 atom stereocenters. The number of anilines is 1. The van der Waals surface area contributed by atoms with E-state index < -0.39 is 16.1 Å². The minimum absolute atomic E-state index is 0.0670. The third-order valence-electron chi connectivity index (χ3n) is 6.84. The molecule has 0 saturated heterocycles. The topological polar surface area (TPSA) is 96.0 Å². The van der Waals surface area contributed by atoms with Crippen LogP contribution in [0.5, 0.6) is 5.75 Å². The van der Waals surface area contributed by atoms with Gasteiger partial charge in [0.25, 0.3) is 0 Å². The number of amides is 2. The van der Waals surface area contributed by atoms with E-state index in [4.69, 9.17) is 4.74 Å². The van der Waals surface area contributed by atoms with Crippen LogP contribution in [0.3, 0.4) is 0 Å². The first-order valence-corrected chi connectivity index (χ1v) is 16.7. The lowest BCUT2D eigenvalue weighted by atomic mass is 10.0. The highest BCUT2D eigenvalue weighted by Gasteiger charge is 2.30. The Morgan fingerprint density at radius 2 is 1.67 bits per heavy atom. The summed E-state index contributed by atoms with van der Waals surface area (Å²) in [5, 5.41) is 3.02. The quantitative estimate of drug-likeness (QED) is 0.204. The molecule has 0 bridgehead atoms. The number of carbonyl (C=O) groups is 2. The van der Waals surface area contributed by atoms with Crippen molar-refractivity contribution >= 4 is 43.5 Å². The van der Waals surface area contributed by atoms with Crippen LogP contribution in [0.25, 0.3) is 0 Å². The minimum Gasteiger partial charge on any atom is -0.497 e. The lowest BCUT2D eigenvalue weighted by Crippen LogP contribution is -2.50. The highest BCUT2D eigenvalue weighted by atomic mass is 79.9.